The summed E-state index contributed by atoms with van der Waals surface area (Å²) in [5, 5.41) is 11.1. The van der Waals surface area contributed by atoms with Crippen molar-refractivity contribution in [3.63, 3.8) is 0 Å². The van der Waals surface area contributed by atoms with Crippen LogP contribution in [0.5, 0.6) is 0 Å². The SMILES string of the molecule is C=C1C(=O)O[C@H]2[C@H]1[C@@H](OC(=O)/C(C)=C\C)C[C@@]1(C)OC(=CC1=O)C(COCC)[C@H]2O. The van der Waals surface area contributed by atoms with Gasteiger partial charge < -0.3 is 24.1 Å². The third-order valence-electron chi connectivity index (χ3n) is 6.02. The Morgan fingerprint density at radius 2 is 2.13 bits per heavy atom. The molecule has 0 aromatic rings. The second kappa shape index (κ2) is 8.35. The van der Waals surface area contributed by atoms with Crippen molar-refractivity contribution in [3.8, 4) is 0 Å². The highest BCUT2D eigenvalue weighted by atomic mass is 16.6. The van der Waals surface area contributed by atoms with Gasteiger partial charge in [-0.05, 0) is 27.7 Å². The number of ketones is 1. The number of carbonyl (C=O) groups is 3. The fourth-order valence-electron chi connectivity index (χ4n) is 4.07. The van der Waals surface area contributed by atoms with Gasteiger partial charge in [-0.2, -0.15) is 0 Å². The van der Waals surface area contributed by atoms with Crippen molar-refractivity contribution in [2.45, 2.75) is 58.0 Å². The van der Waals surface area contributed by atoms with Crippen molar-refractivity contribution in [2.24, 2.45) is 11.8 Å². The number of ether oxygens (including phenoxy) is 4. The third-order valence-corrected chi connectivity index (χ3v) is 6.02. The van der Waals surface area contributed by atoms with Gasteiger partial charge in [-0.25, -0.2) is 9.59 Å². The molecule has 2 bridgehead atoms. The van der Waals surface area contributed by atoms with Crippen LogP contribution in [-0.4, -0.2) is 60.0 Å². The van der Waals surface area contributed by atoms with Gasteiger partial charge >= 0.3 is 11.9 Å². The number of esters is 2. The number of hydrogen-bond acceptors (Lipinski definition) is 8. The number of fused-ring (bicyclic) bond motifs is 3. The van der Waals surface area contributed by atoms with E-state index >= 15 is 0 Å². The smallest absolute Gasteiger partial charge is 0.334 e. The van der Waals surface area contributed by atoms with Gasteiger partial charge in [0, 0.05) is 30.2 Å². The van der Waals surface area contributed by atoms with Crippen molar-refractivity contribution in [3.05, 3.63) is 35.6 Å². The van der Waals surface area contributed by atoms with Crippen molar-refractivity contribution < 1.29 is 38.4 Å². The van der Waals surface area contributed by atoms with Gasteiger partial charge in [-0.1, -0.05) is 12.7 Å². The Kier molecular flexibility index (Phi) is 6.19. The van der Waals surface area contributed by atoms with Crippen LogP contribution in [0.15, 0.2) is 35.6 Å². The lowest BCUT2D eigenvalue weighted by atomic mass is 9.79. The zero-order valence-corrected chi connectivity index (χ0v) is 17.7. The molecule has 0 aromatic carbocycles. The largest absolute Gasteiger partial charge is 0.483 e. The Labute approximate surface area is 175 Å². The molecule has 8 nitrogen and oxygen atoms in total. The molecule has 1 N–H and O–H groups in total. The summed E-state index contributed by atoms with van der Waals surface area (Å²) in [6, 6.07) is 0. The summed E-state index contributed by atoms with van der Waals surface area (Å²) >= 11 is 0. The van der Waals surface area contributed by atoms with E-state index in [0.29, 0.717) is 12.2 Å². The highest BCUT2D eigenvalue weighted by Gasteiger charge is 2.57. The molecular formula is C22H28O8. The van der Waals surface area contributed by atoms with E-state index in [1.165, 1.54) is 6.08 Å². The first-order chi connectivity index (χ1) is 14.1. The van der Waals surface area contributed by atoms with Gasteiger partial charge in [-0.3, -0.25) is 4.79 Å². The Bertz CT molecular complexity index is 825. The van der Waals surface area contributed by atoms with Crippen molar-refractivity contribution in [2.75, 3.05) is 13.2 Å². The van der Waals surface area contributed by atoms with E-state index in [2.05, 4.69) is 6.58 Å². The third kappa shape index (κ3) is 3.81. The molecule has 2 saturated heterocycles. The Balaban J connectivity index is 2.06. The van der Waals surface area contributed by atoms with Gasteiger partial charge in [0.15, 0.2) is 5.60 Å². The highest BCUT2D eigenvalue weighted by molar-refractivity contribution is 5.99. The first-order valence-corrected chi connectivity index (χ1v) is 10.1. The van der Waals surface area contributed by atoms with E-state index in [9.17, 15) is 19.5 Å². The van der Waals surface area contributed by atoms with Crippen LogP contribution < -0.4 is 0 Å². The first-order valence-electron chi connectivity index (χ1n) is 10.1. The summed E-state index contributed by atoms with van der Waals surface area (Å²) in [4.78, 5) is 37.6. The number of aliphatic hydroxyl groups is 1. The molecule has 3 aliphatic heterocycles. The summed E-state index contributed by atoms with van der Waals surface area (Å²) < 4.78 is 22.6. The number of aliphatic hydroxyl groups excluding tert-OH is 1. The Morgan fingerprint density at radius 3 is 2.77 bits per heavy atom. The summed E-state index contributed by atoms with van der Waals surface area (Å²) in [6.45, 7) is 11.0. The first kappa shape index (κ1) is 22.2. The van der Waals surface area contributed by atoms with E-state index in [1.807, 2.05) is 0 Å². The molecule has 0 radical (unpaired) electrons. The molecule has 3 heterocycles. The maximum absolute atomic E-state index is 12.8. The molecule has 2 fully saturated rings. The number of carbonyl (C=O) groups excluding carboxylic acids is 3. The normalized spacial score (nSPS) is 36.2. The predicted molar refractivity (Wildman–Crippen MR) is 105 cm³/mol. The average molecular weight is 420 g/mol. The fourth-order valence-corrected chi connectivity index (χ4v) is 4.07. The minimum absolute atomic E-state index is 0.0144. The summed E-state index contributed by atoms with van der Waals surface area (Å²) in [7, 11) is 0. The number of allylic oxidation sites excluding steroid dienone is 1. The quantitative estimate of drug-likeness (QED) is 0.528. The molecule has 3 aliphatic rings. The van der Waals surface area contributed by atoms with Crippen LogP contribution in [0.3, 0.4) is 0 Å². The minimum atomic E-state index is -1.31. The van der Waals surface area contributed by atoms with Crippen molar-refractivity contribution >= 4 is 17.7 Å². The molecule has 3 rings (SSSR count). The molecule has 0 amide bonds. The van der Waals surface area contributed by atoms with Crippen LogP contribution in [0.25, 0.3) is 0 Å². The fraction of sp³-hybridized carbons (Fsp3) is 0.591. The van der Waals surface area contributed by atoms with Crippen LogP contribution >= 0.6 is 0 Å². The van der Waals surface area contributed by atoms with Gasteiger partial charge in [0.05, 0.1) is 18.4 Å². The molecule has 30 heavy (non-hydrogen) atoms. The molecular weight excluding hydrogens is 392 g/mol. The van der Waals surface area contributed by atoms with E-state index < -0.39 is 47.7 Å². The zero-order chi connectivity index (χ0) is 22.2. The number of hydrogen-bond donors (Lipinski definition) is 1. The second-order valence-corrected chi connectivity index (χ2v) is 8.04. The monoisotopic (exact) mass is 420 g/mol. The average Bonchev–Trinajstić information content (AvgIpc) is 3.16. The molecule has 0 saturated carbocycles. The van der Waals surface area contributed by atoms with E-state index in [4.69, 9.17) is 18.9 Å². The summed E-state index contributed by atoms with van der Waals surface area (Å²) in [5.41, 5.74) is -0.845. The van der Waals surface area contributed by atoms with Crippen LogP contribution in [0.2, 0.25) is 0 Å². The van der Waals surface area contributed by atoms with Gasteiger partial charge in [0.25, 0.3) is 0 Å². The minimum Gasteiger partial charge on any atom is -0.483 e. The molecule has 6 atom stereocenters. The van der Waals surface area contributed by atoms with Crippen LogP contribution in [0.4, 0.5) is 0 Å². The highest BCUT2D eigenvalue weighted by Crippen LogP contribution is 2.45. The van der Waals surface area contributed by atoms with Crippen LogP contribution in [0.1, 0.15) is 34.1 Å². The molecule has 1 unspecified atom stereocenters. The summed E-state index contributed by atoms with van der Waals surface area (Å²) in [6.07, 6.45) is -0.284. The Hall–Kier alpha value is -2.45. The molecule has 8 heteroatoms. The van der Waals surface area contributed by atoms with E-state index in [0.717, 1.165) is 0 Å². The lowest BCUT2D eigenvalue weighted by Gasteiger charge is -2.32. The Morgan fingerprint density at radius 1 is 1.43 bits per heavy atom. The maximum Gasteiger partial charge on any atom is 0.334 e. The zero-order valence-electron chi connectivity index (χ0n) is 17.7. The predicted octanol–water partition coefficient (Wildman–Crippen LogP) is 1.62. The van der Waals surface area contributed by atoms with Crippen molar-refractivity contribution in [1.29, 1.82) is 0 Å². The molecule has 0 aliphatic carbocycles. The number of rotatable bonds is 5. The lowest BCUT2D eigenvalue weighted by Crippen LogP contribution is -2.46. The van der Waals surface area contributed by atoms with Crippen LogP contribution in [-0.2, 0) is 33.3 Å². The molecule has 164 valence electrons. The van der Waals surface area contributed by atoms with Gasteiger partial charge in [0.1, 0.15) is 24.1 Å². The van der Waals surface area contributed by atoms with Gasteiger partial charge in [-0.15, -0.1) is 0 Å². The topological polar surface area (TPSA) is 108 Å². The van der Waals surface area contributed by atoms with Gasteiger partial charge in [0.2, 0.25) is 5.78 Å². The van der Waals surface area contributed by atoms with Crippen LogP contribution in [0, 0.1) is 11.8 Å². The van der Waals surface area contributed by atoms with Crippen molar-refractivity contribution in [1.82, 2.24) is 0 Å². The summed E-state index contributed by atoms with van der Waals surface area (Å²) in [5.74, 6) is -2.83. The lowest BCUT2D eigenvalue weighted by molar-refractivity contribution is -0.156. The second-order valence-electron chi connectivity index (χ2n) is 8.04. The van der Waals surface area contributed by atoms with E-state index in [-0.39, 0.29) is 30.1 Å². The van der Waals surface area contributed by atoms with E-state index in [1.54, 1.807) is 33.8 Å². The standard InChI is InChI=1S/C22H28O8/c1-6-11(3)20(25)28-15-9-22(5)16(23)8-14(30-22)13(10-27-7-2)18(24)19-17(15)12(4)21(26)29-19/h6,8,13,15,17-19,24H,4,7,9-10H2,1-3,5H3/b11-6-/t13?,15-,17+,18+,19-,22+/m0/s1. The molecule has 0 aromatic heterocycles. The molecule has 0 spiro atoms. The maximum atomic E-state index is 12.8.